The van der Waals surface area contributed by atoms with Gasteiger partial charge in [-0.3, -0.25) is 4.79 Å². The molecule has 0 N–H and O–H groups in total. The molecule has 0 radical (unpaired) electrons. The lowest BCUT2D eigenvalue weighted by Gasteiger charge is -2.54. The van der Waals surface area contributed by atoms with Crippen molar-refractivity contribution in [2.24, 2.45) is 29.1 Å². The molecule has 0 aliphatic heterocycles. The Hall–Kier alpha value is -1.69. The van der Waals surface area contributed by atoms with Crippen molar-refractivity contribution in [3.8, 4) is 12.3 Å². The van der Waals surface area contributed by atoms with Gasteiger partial charge in [0.1, 0.15) is 0 Å². The van der Waals surface area contributed by atoms with Crippen LogP contribution in [0.4, 0.5) is 0 Å². The summed E-state index contributed by atoms with van der Waals surface area (Å²) in [5.41, 5.74) is 0.717. The van der Waals surface area contributed by atoms with Gasteiger partial charge in [0.05, 0.1) is 11.9 Å². The number of carbonyl (C=O) groups excluding carboxylic acids is 1. The van der Waals surface area contributed by atoms with Gasteiger partial charge in [-0.05, 0) is 99.5 Å². The third kappa shape index (κ3) is 3.05. The average molecular weight is 409 g/mol. The third-order valence-electron chi connectivity index (χ3n) is 9.38. The Balaban J connectivity index is 1.36. The molecule has 5 rings (SSSR count). The summed E-state index contributed by atoms with van der Waals surface area (Å²) >= 11 is 0. The summed E-state index contributed by atoms with van der Waals surface area (Å²) in [6, 6.07) is 0. The molecule has 3 nitrogen and oxygen atoms in total. The Morgan fingerprint density at radius 2 is 1.93 bits per heavy atom. The Bertz CT molecular complexity index is 810. The number of allylic oxidation sites excluding steroid dienone is 4. The van der Waals surface area contributed by atoms with E-state index in [1.165, 1.54) is 56.8 Å². The van der Waals surface area contributed by atoms with Crippen molar-refractivity contribution in [3.63, 3.8) is 0 Å². The van der Waals surface area contributed by atoms with E-state index in [1.54, 1.807) is 0 Å². The number of terminal acetylenes is 1. The van der Waals surface area contributed by atoms with Crippen molar-refractivity contribution in [2.75, 3.05) is 0 Å². The van der Waals surface area contributed by atoms with E-state index in [-0.39, 0.29) is 11.4 Å². The summed E-state index contributed by atoms with van der Waals surface area (Å²) in [5, 5.41) is 0. The van der Waals surface area contributed by atoms with Crippen molar-refractivity contribution < 1.29 is 14.3 Å². The molecular formula is C27H36O3. The zero-order chi connectivity index (χ0) is 20.9. The molecule has 5 aliphatic carbocycles. The Labute approximate surface area is 181 Å². The Kier molecular flexibility index (Phi) is 5.04. The van der Waals surface area contributed by atoms with Crippen LogP contribution in [-0.2, 0) is 14.3 Å². The first-order valence-electron chi connectivity index (χ1n) is 12.2. The van der Waals surface area contributed by atoms with Crippen molar-refractivity contribution in [2.45, 2.75) is 96.2 Å². The highest BCUT2D eigenvalue weighted by molar-refractivity contribution is 5.67. The number of ether oxygens (including phenoxy) is 2. The minimum atomic E-state index is -0.715. The van der Waals surface area contributed by atoms with Gasteiger partial charge < -0.3 is 9.47 Å². The molecule has 0 aromatic heterocycles. The summed E-state index contributed by atoms with van der Waals surface area (Å²) in [4.78, 5) is 11.9. The predicted octanol–water partition coefficient (Wildman–Crippen LogP) is 5.95. The SMILES string of the molecule is C#CC1(OC(C)=O)CCC2C3CC=C4C=C(OC5CCCC5)CC[C@@H]4C3CC[C@@]21C. The number of esters is 1. The van der Waals surface area contributed by atoms with Crippen LogP contribution in [0.2, 0.25) is 0 Å². The largest absolute Gasteiger partial charge is 0.495 e. The highest BCUT2D eigenvalue weighted by Crippen LogP contribution is 2.65. The molecule has 0 heterocycles. The summed E-state index contributed by atoms with van der Waals surface area (Å²) in [6.07, 6.45) is 24.0. The number of hydrogen-bond acceptors (Lipinski definition) is 3. The second kappa shape index (κ2) is 7.47. The highest BCUT2D eigenvalue weighted by Gasteiger charge is 2.64. The quantitative estimate of drug-likeness (QED) is 0.428. The van der Waals surface area contributed by atoms with Crippen LogP contribution in [0.1, 0.15) is 84.5 Å². The first-order valence-corrected chi connectivity index (χ1v) is 12.2. The lowest BCUT2D eigenvalue weighted by molar-refractivity contribution is -0.167. The Morgan fingerprint density at radius 3 is 2.67 bits per heavy atom. The van der Waals surface area contributed by atoms with E-state index < -0.39 is 5.60 Å². The third-order valence-corrected chi connectivity index (χ3v) is 9.38. The maximum Gasteiger partial charge on any atom is 0.304 e. The molecule has 4 unspecified atom stereocenters. The van der Waals surface area contributed by atoms with Gasteiger partial charge in [-0.2, -0.15) is 0 Å². The van der Waals surface area contributed by atoms with E-state index in [2.05, 4.69) is 25.0 Å². The number of carbonyl (C=O) groups is 1. The lowest BCUT2D eigenvalue weighted by atomic mass is 9.51. The molecule has 0 bridgehead atoms. The standard InChI is InChI=1S/C27H36O3/c1-4-27(30-18(2)28)16-14-25-24-11-9-19-17-21(29-20-7-5-6-8-20)10-12-22(19)23(24)13-15-26(25,27)3/h1,9,17,20,22-25H,5-8,10-16H2,2-3H3/t22-,23?,24?,25?,26-,27?/m0/s1. The van der Waals surface area contributed by atoms with E-state index in [4.69, 9.17) is 15.9 Å². The molecule has 3 saturated carbocycles. The van der Waals surface area contributed by atoms with Crippen LogP contribution in [0.3, 0.4) is 0 Å². The van der Waals surface area contributed by atoms with Crippen LogP contribution in [0.25, 0.3) is 0 Å². The van der Waals surface area contributed by atoms with Gasteiger partial charge in [-0.1, -0.05) is 18.9 Å². The molecule has 6 atom stereocenters. The monoisotopic (exact) mass is 408 g/mol. The van der Waals surface area contributed by atoms with Crippen LogP contribution in [0.15, 0.2) is 23.5 Å². The van der Waals surface area contributed by atoms with Crippen molar-refractivity contribution in [1.29, 1.82) is 0 Å². The number of rotatable bonds is 3. The fourth-order valence-corrected chi connectivity index (χ4v) is 7.92. The fraction of sp³-hybridized carbons (Fsp3) is 0.741. The molecule has 0 aromatic rings. The van der Waals surface area contributed by atoms with Gasteiger partial charge in [0.15, 0.2) is 5.60 Å². The minimum absolute atomic E-state index is 0.0961. The van der Waals surface area contributed by atoms with Crippen molar-refractivity contribution in [1.82, 2.24) is 0 Å². The second-order valence-corrected chi connectivity index (χ2v) is 10.7. The van der Waals surface area contributed by atoms with E-state index in [1.807, 2.05) is 0 Å². The van der Waals surface area contributed by atoms with Gasteiger partial charge in [-0.25, -0.2) is 0 Å². The Morgan fingerprint density at radius 1 is 1.13 bits per heavy atom. The topological polar surface area (TPSA) is 35.5 Å². The van der Waals surface area contributed by atoms with Crippen LogP contribution in [0, 0.1) is 41.4 Å². The van der Waals surface area contributed by atoms with Gasteiger partial charge in [0.2, 0.25) is 0 Å². The molecular weight excluding hydrogens is 372 g/mol. The molecule has 0 aromatic carbocycles. The molecule has 3 heteroatoms. The maximum absolute atomic E-state index is 11.9. The molecule has 0 amide bonds. The second-order valence-electron chi connectivity index (χ2n) is 10.7. The van der Waals surface area contributed by atoms with Crippen LogP contribution in [0.5, 0.6) is 0 Å². The highest BCUT2D eigenvalue weighted by atomic mass is 16.6. The van der Waals surface area contributed by atoms with Crippen LogP contribution >= 0.6 is 0 Å². The number of fused-ring (bicyclic) bond motifs is 5. The van der Waals surface area contributed by atoms with E-state index in [0.717, 1.165) is 38.0 Å². The smallest absolute Gasteiger partial charge is 0.304 e. The maximum atomic E-state index is 11.9. The first kappa shape index (κ1) is 20.2. The molecule has 0 spiro atoms. The summed E-state index contributed by atoms with van der Waals surface area (Å²) in [6.45, 7) is 3.80. The van der Waals surface area contributed by atoms with Crippen LogP contribution < -0.4 is 0 Å². The molecule has 162 valence electrons. The average Bonchev–Trinajstić information content (AvgIpc) is 3.33. The lowest BCUT2D eigenvalue weighted by Crippen LogP contribution is -2.53. The van der Waals surface area contributed by atoms with Crippen LogP contribution in [-0.4, -0.2) is 17.7 Å². The van der Waals surface area contributed by atoms with Gasteiger partial charge in [0.25, 0.3) is 0 Å². The first-order chi connectivity index (χ1) is 14.5. The molecule has 0 saturated heterocycles. The summed E-state index contributed by atoms with van der Waals surface area (Å²) < 4.78 is 12.2. The van der Waals surface area contributed by atoms with Gasteiger partial charge in [-0.15, -0.1) is 6.42 Å². The van der Waals surface area contributed by atoms with Crippen molar-refractivity contribution in [3.05, 3.63) is 23.5 Å². The molecule has 5 aliphatic rings. The summed E-state index contributed by atoms with van der Waals surface area (Å²) in [7, 11) is 0. The van der Waals surface area contributed by atoms with Gasteiger partial charge >= 0.3 is 5.97 Å². The predicted molar refractivity (Wildman–Crippen MR) is 117 cm³/mol. The van der Waals surface area contributed by atoms with Crippen molar-refractivity contribution >= 4 is 5.97 Å². The molecule has 3 fully saturated rings. The fourth-order valence-electron chi connectivity index (χ4n) is 7.92. The molecule has 30 heavy (non-hydrogen) atoms. The summed E-state index contributed by atoms with van der Waals surface area (Å²) in [5.74, 6) is 6.55. The zero-order valence-corrected chi connectivity index (χ0v) is 18.6. The van der Waals surface area contributed by atoms with E-state index >= 15 is 0 Å². The normalized spacial score (nSPS) is 42.8. The zero-order valence-electron chi connectivity index (χ0n) is 18.6. The van der Waals surface area contributed by atoms with E-state index in [9.17, 15) is 4.79 Å². The minimum Gasteiger partial charge on any atom is -0.495 e. The number of hydrogen-bond donors (Lipinski definition) is 0. The van der Waals surface area contributed by atoms with E-state index in [0.29, 0.717) is 23.9 Å². The van der Waals surface area contributed by atoms with Gasteiger partial charge in [0, 0.05) is 18.8 Å².